The molecule has 20 heavy (non-hydrogen) atoms. The van der Waals surface area contributed by atoms with Crippen LogP contribution in [0.4, 0.5) is 4.39 Å². The van der Waals surface area contributed by atoms with E-state index in [-0.39, 0.29) is 23.4 Å². The summed E-state index contributed by atoms with van der Waals surface area (Å²) in [5.74, 6) is 0.116. The maximum Gasteiger partial charge on any atom is 0.165 e. The molecule has 0 heterocycles. The first-order valence-electron chi connectivity index (χ1n) is 7.60. The van der Waals surface area contributed by atoms with Crippen molar-refractivity contribution in [3.63, 3.8) is 0 Å². The van der Waals surface area contributed by atoms with Crippen LogP contribution in [0.1, 0.15) is 45.6 Å². The summed E-state index contributed by atoms with van der Waals surface area (Å²) in [5, 5.41) is 3.53. The lowest BCUT2D eigenvalue weighted by Crippen LogP contribution is -2.54. The summed E-state index contributed by atoms with van der Waals surface area (Å²) in [7, 11) is 0. The van der Waals surface area contributed by atoms with E-state index in [9.17, 15) is 4.39 Å². The Hall–Kier alpha value is -1.09. The Morgan fingerprint density at radius 1 is 1.40 bits per heavy atom. The van der Waals surface area contributed by atoms with Gasteiger partial charge in [0.1, 0.15) is 6.10 Å². The molecule has 0 radical (unpaired) electrons. The van der Waals surface area contributed by atoms with Crippen molar-refractivity contribution in [1.29, 1.82) is 0 Å². The zero-order valence-electron chi connectivity index (χ0n) is 13.0. The van der Waals surface area contributed by atoms with E-state index in [2.05, 4.69) is 26.1 Å². The molecular formula is C17H26FNO. The van der Waals surface area contributed by atoms with Crippen LogP contribution >= 0.6 is 0 Å². The number of halogens is 1. The molecule has 0 amide bonds. The fourth-order valence-corrected chi connectivity index (χ4v) is 3.20. The number of likely N-dealkylation sites (N-methyl/N-ethyl adjacent to an activating group) is 1. The van der Waals surface area contributed by atoms with Gasteiger partial charge in [0.15, 0.2) is 11.6 Å². The van der Waals surface area contributed by atoms with Crippen LogP contribution in [0, 0.1) is 18.2 Å². The van der Waals surface area contributed by atoms with Gasteiger partial charge >= 0.3 is 0 Å². The molecule has 2 atom stereocenters. The van der Waals surface area contributed by atoms with E-state index in [1.165, 1.54) is 12.5 Å². The first-order valence-corrected chi connectivity index (χ1v) is 7.60. The molecule has 1 aliphatic rings. The van der Waals surface area contributed by atoms with E-state index < -0.39 is 0 Å². The van der Waals surface area contributed by atoms with Crippen LogP contribution in [0.2, 0.25) is 0 Å². The maximum atomic E-state index is 13.9. The summed E-state index contributed by atoms with van der Waals surface area (Å²) in [5.41, 5.74) is 1.20. The topological polar surface area (TPSA) is 21.3 Å². The van der Waals surface area contributed by atoms with Crippen LogP contribution in [0.5, 0.6) is 5.75 Å². The third kappa shape index (κ3) is 3.32. The van der Waals surface area contributed by atoms with Crippen LogP contribution in [0.3, 0.4) is 0 Å². The number of benzene rings is 1. The highest BCUT2D eigenvalue weighted by Crippen LogP contribution is 2.37. The van der Waals surface area contributed by atoms with Crippen molar-refractivity contribution in [2.75, 3.05) is 6.54 Å². The standard InChI is InChI=1S/C17H26FNO/c1-5-19-16-14(7-6-10-17(16,3)4)20-15-11-12(2)8-9-13(15)18/h8-9,11,14,16,19H,5-7,10H2,1-4H3. The van der Waals surface area contributed by atoms with Gasteiger partial charge in [-0.25, -0.2) is 4.39 Å². The molecule has 3 heteroatoms. The van der Waals surface area contributed by atoms with Crippen molar-refractivity contribution in [2.45, 2.75) is 59.1 Å². The van der Waals surface area contributed by atoms with Crippen LogP contribution in [0.25, 0.3) is 0 Å². The lowest BCUT2D eigenvalue weighted by molar-refractivity contribution is 0.0349. The summed E-state index contributed by atoms with van der Waals surface area (Å²) in [4.78, 5) is 0. The number of hydrogen-bond donors (Lipinski definition) is 1. The Kier molecular flexibility index (Phi) is 4.69. The highest BCUT2D eigenvalue weighted by molar-refractivity contribution is 5.29. The fraction of sp³-hybridized carbons (Fsp3) is 0.647. The lowest BCUT2D eigenvalue weighted by atomic mass is 9.71. The predicted molar refractivity (Wildman–Crippen MR) is 80.6 cm³/mol. The molecule has 1 fully saturated rings. The van der Waals surface area contributed by atoms with Crippen molar-refractivity contribution >= 4 is 0 Å². The fourth-order valence-electron chi connectivity index (χ4n) is 3.20. The highest BCUT2D eigenvalue weighted by atomic mass is 19.1. The van der Waals surface area contributed by atoms with Crippen molar-refractivity contribution in [2.24, 2.45) is 5.41 Å². The average molecular weight is 279 g/mol. The van der Waals surface area contributed by atoms with Gasteiger partial charge in [0.25, 0.3) is 0 Å². The Morgan fingerprint density at radius 2 is 2.15 bits per heavy atom. The molecule has 0 spiro atoms. The summed E-state index contributed by atoms with van der Waals surface area (Å²) in [6.45, 7) is 9.50. The average Bonchev–Trinajstić information content (AvgIpc) is 2.38. The molecule has 112 valence electrons. The normalized spacial score (nSPS) is 25.4. The van der Waals surface area contributed by atoms with E-state index in [4.69, 9.17) is 4.74 Å². The third-order valence-electron chi connectivity index (χ3n) is 4.31. The molecule has 1 aliphatic carbocycles. The highest BCUT2D eigenvalue weighted by Gasteiger charge is 2.40. The molecule has 0 bridgehead atoms. The second kappa shape index (κ2) is 6.13. The van der Waals surface area contributed by atoms with Gasteiger partial charge in [-0.15, -0.1) is 0 Å². The van der Waals surface area contributed by atoms with E-state index in [1.807, 2.05) is 6.92 Å². The number of rotatable bonds is 4. The molecule has 1 N–H and O–H groups in total. The number of nitrogens with one attached hydrogen (secondary N) is 1. The maximum absolute atomic E-state index is 13.9. The molecule has 0 aromatic heterocycles. The van der Waals surface area contributed by atoms with E-state index in [1.54, 1.807) is 12.1 Å². The Labute approximate surface area is 121 Å². The van der Waals surface area contributed by atoms with Crippen LogP contribution in [0.15, 0.2) is 18.2 Å². The monoisotopic (exact) mass is 279 g/mol. The summed E-state index contributed by atoms with van der Waals surface area (Å²) >= 11 is 0. The van der Waals surface area contributed by atoms with Gasteiger partial charge in [0.05, 0.1) is 0 Å². The van der Waals surface area contributed by atoms with Crippen LogP contribution in [-0.4, -0.2) is 18.7 Å². The summed E-state index contributed by atoms with van der Waals surface area (Å²) in [6.07, 6.45) is 3.33. The largest absolute Gasteiger partial charge is 0.486 e. The molecule has 2 rings (SSSR count). The SMILES string of the molecule is CCNC1C(Oc2cc(C)ccc2F)CCCC1(C)C. The van der Waals surface area contributed by atoms with Crippen LogP contribution in [-0.2, 0) is 0 Å². The van der Waals surface area contributed by atoms with Gasteiger partial charge in [-0.1, -0.05) is 26.8 Å². The summed E-state index contributed by atoms with van der Waals surface area (Å²) in [6, 6.07) is 5.32. The second-order valence-electron chi connectivity index (χ2n) is 6.51. The zero-order chi connectivity index (χ0) is 14.8. The van der Waals surface area contributed by atoms with Crippen molar-refractivity contribution in [3.8, 4) is 5.75 Å². The van der Waals surface area contributed by atoms with Gasteiger partial charge in [0, 0.05) is 6.04 Å². The Balaban J connectivity index is 2.19. The first kappa shape index (κ1) is 15.3. The second-order valence-corrected chi connectivity index (χ2v) is 6.51. The quantitative estimate of drug-likeness (QED) is 0.897. The minimum atomic E-state index is -0.269. The number of hydrogen-bond acceptors (Lipinski definition) is 2. The van der Waals surface area contributed by atoms with Gasteiger partial charge in [-0.05, 0) is 55.8 Å². The van der Waals surface area contributed by atoms with Crippen molar-refractivity contribution < 1.29 is 9.13 Å². The van der Waals surface area contributed by atoms with Gasteiger partial charge in [0.2, 0.25) is 0 Å². The predicted octanol–water partition coefficient (Wildman–Crippen LogP) is 4.07. The van der Waals surface area contributed by atoms with Crippen molar-refractivity contribution in [3.05, 3.63) is 29.6 Å². The van der Waals surface area contributed by atoms with E-state index in [0.29, 0.717) is 5.75 Å². The number of ether oxygens (including phenoxy) is 1. The molecule has 1 aromatic rings. The minimum Gasteiger partial charge on any atom is -0.486 e. The Morgan fingerprint density at radius 3 is 2.85 bits per heavy atom. The molecule has 0 aliphatic heterocycles. The zero-order valence-corrected chi connectivity index (χ0v) is 13.0. The first-order chi connectivity index (χ1) is 9.44. The smallest absolute Gasteiger partial charge is 0.165 e. The van der Waals surface area contributed by atoms with Gasteiger partial charge < -0.3 is 10.1 Å². The molecule has 1 saturated carbocycles. The van der Waals surface area contributed by atoms with Crippen LogP contribution < -0.4 is 10.1 Å². The number of aryl methyl sites for hydroxylation is 1. The molecule has 2 unspecified atom stereocenters. The van der Waals surface area contributed by atoms with Gasteiger partial charge in [-0.2, -0.15) is 0 Å². The third-order valence-corrected chi connectivity index (χ3v) is 4.31. The molecular weight excluding hydrogens is 253 g/mol. The minimum absolute atomic E-state index is 0.0370. The Bertz CT molecular complexity index is 458. The molecule has 0 saturated heterocycles. The lowest BCUT2D eigenvalue weighted by Gasteiger charge is -2.44. The van der Waals surface area contributed by atoms with E-state index >= 15 is 0 Å². The molecule has 1 aromatic carbocycles. The molecule has 2 nitrogen and oxygen atoms in total. The van der Waals surface area contributed by atoms with Crippen molar-refractivity contribution in [1.82, 2.24) is 5.32 Å². The van der Waals surface area contributed by atoms with E-state index in [0.717, 1.165) is 24.9 Å². The van der Waals surface area contributed by atoms with Gasteiger partial charge in [-0.3, -0.25) is 0 Å². The summed E-state index contributed by atoms with van der Waals surface area (Å²) < 4.78 is 19.9.